The fourth-order valence-corrected chi connectivity index (χ4v) is 3.38. The number of carbonyl (C=O) groups is 1. The number of pyridine rings is 1. The zero-order valence-electron chi connectivity index (χ0n) is 12.8. The Kier molecular flexibility index (Phi) is 4.98. The quantitative estimate of drug-likeness (QED) is 0.845. The van der Waals surface area contributed by atoms with E-state index in [0.29, 0.717) is 10.8 Å². The number of aliphatic hydroxyl groups is 1. The van der Waals surface area contributed by atoms with Gasteiger partial charge >= 0.3 is 0 Å². The van der Waals surface area contributed by atoms with Gasteiger partial charge in [0.05, 0.1) is 5.69 Å². The highest BCUT2D eigenvalue weighted by atomic mass is 35.5. The number of aliphatic hydroxyl groups excluding tert-OH is 1. The van der Waals surface area contributed by atoms with Gasteiger partial charge in [-0.05, 0) is 31.1 Å². The highest BCUT2D eigenvalue weighted by molar-refractivity contribution is 6.31. The number of halogens is 1. The van der Waals surface area contributed by atoms with E-state index >= 15 is 0 Å². The van der Waals surface area contributed by atoms with Gasteiger partial charge in [0.15, 0.2) is 5.15 Å². The van der Waals surface area contributed by atoms with Crippen molar-refractivity contribution in [1.82, 2.24) is 14.7 Å². The molecule has 5 nitrogen and oxygen atoms in total. The molecule has 1 aliphatic carbocycles. The lowest BCUT2D eigenvalue weighted by Gasteiger charge is -2.30. The molecule has 0 radical (unpaired) electrons. The Morgan fingerprint density at radius 2 is 2.26 bits per heavy atom. The van der Waals surface area contributed by atoms with Gasteiger partial charge in [0, 0.05) is 30.8 Å². The minimum atomic E-state index is -0.169. The molecule has 6 heteroatoms. The number of rotatable bonds is 4. The third kappa shape index (κ3) is 3.57. The summed E-state index contributed by atoms with van der Waals surface area (Å²) >= 11 is 6.14. The van der Waals surface area contributed by atoms with Gasteiger partial charge in [-0.2, -0.15) is 0 Å². The first-order valence-corrected chi connectivity index (χ1v) is 8.29. The Morgan fingerprint density at radius 3 is 3.09 bits per heavy atom. The van der Waals surface area contributed by atoms with Crippen LogP contribution < -0.4 is 5.32 Å². The molecule has 1 aliphatic rings. The molecule has 23 heavy (non-hydrogen) atoms. The van der Waals surface area contributed by atoms with E-state index in [0.717, 1.165) is 31.3 Å². The van der Waals surface area contributed by atoms with Crippen molar-refractivity contribution in [3.63, 3.8) is 0 Å². The summed E-state index contributed by atoms with van der Waals surface area (Å²) in [6, 6.07) is 5.67. The summed E-state index contributed by atoms with van der Waals surface area (Å²) in [4.78, 5) is 16.4. The van der Waals surface area contributed by atoms with Crippen LogP contribution in [0, 0.1) is 5.92 Å². The van der Waals surface area contributed by atoms with Gasteiger partial charge in [0.2, 0.25) is 5.91 Å². The van der Waals surface area contributed by atoms with Gasteiger partial charge in [-0.3, -0.25) is 9.20 Å². The van der Waals surface area contributed by atoms with Crippen LogP contribution in [0.5, 0.6) is 0 Å². The predicted molar refractivity (Wildman–Crippen MR) is 90.2 cm³/mol. The average Bonchev–Trinajstić information content (AvgIpc) is 2.88. The number of imidazole rings is 1. The van der Waals surface area contributed by atoms with Crippen molar-refractivity contribution in [3.05, 3.63) is 41.3 Å². The van der Waals surface area contributed by atoms with Crippen LogP contribution in [0.4, 0.5) is 0 Å². The van der Waals surface area contributed by atoms with Crippen LogP contribution in [-0.2, 0) is 4.79 Å². The van der Waals surface area contributed by atoms with E-state index in [2.05, 4.69) is 10.3 Å². The first-order chi connectivity index (χ1) is 11.2. The van der Waals surface area contributed by atoms with Crippen LogP contribution in [0.25, 0.3) is 11.7 Å². The van der Waals surface area contributed by atoms with Crippen LogP contribution in [0.15, 0.2) is 30.5 Å². The van der Waals surface area contributed by atoms with Crippen molar-refractivity contribution in [2.45, 2.75) is 31.7 Å². The summed E-state index contributed by atoms with van der Waals surface area (Å²) in [5.41, 5.74) is 1.42. The Hall–Kier alpha value is -1.85. The van der Waals surface area contributed by atoms with Crippen LogP contribution in [-0.4, -0.2) is 33.0 Å². The first kappa shape index (κ1) is 16.0. The molecule has 2 unspecified atom stereocenters. The highest BCUT2D eigenvalue weighted by Gasteiger charge is 2.25. The van der Waals surface area contributed by atoms with E-state index in [1.54, 1.807) is 6.08 Å². The summed E-state index contributed by atoms with van der Waals surface area (Å²) in [6.07, 6.45) is 9.09. The van der Waals surface area contributed by atoms with Gasteiger partial charge < -0.3 is 10.4 Å². The minimum absolute atomic E-state index is 0.0450. The molecule has 3 rings (SSSR count). The van der Waals surface area contributed by atoms with Gasteiger partial charge in [-0.1, -0.05) is 30.5 Å². The molecule has 2 atom stereocenters. The van der Waals surface area contributed by atoms with Gasteiger partial charge in [-0.25, -0.2) is 4.98 Å². The molecule has 0 saturated heterocycles. The number of nitrogens with one attached hydrogen (secondary N) is 1. The first-order valence-electron chi connectivity index (χ1n) is 7.91. The highest BCUT2D eigenvalue weighted by Crippen LogP contribution is 2.24. The van der Waals surface area contributed by atoms with E-state index in [-0.39, 0.29) is 24.5 Å². The Labute approximate surface area is 140 Å². The molecule has 1 saturated carbocycles. The lowest BCUT2D eigenvalue weighted by Crippen LogP contribution is -2.42. The summed E-state index contributed by atoms with van der Waals surface area (Å²) in [5, 5.41) is 12.8. The molecule has 2 N–H and O–H groups in total. The van der Waals surface area contributed by atoms with Crippen molar-refractivity contribution < 1.29 is 9.90 Å². The predicted octanol–water partition coefficient (Wildman–Crippen LogP) is 2.67. The molecule has 0 aromatic carbocycles. The van der Waals surface area contributed by atoms with Crippen molar-refractivity contribution in [2.75, 3.05) is 6.61 Å². The van der Waals surface area contributed by atoms with Crippen molar-refractivity contribution in [1.29, 1.82) is 0 Å². The van der Waals surface area contributed by atoms with E-state index in [1.807, 2.05) is 28.8 Å². The number of hydrogen-bond acceptors (Lipinski definition) is 3. The maximum atomic E-state index is 12.2. The van der Waals surface area contributed by atoms with Crippen LogP contribution in [0.1, 0.15) is 31.4 Å². The smallest absolute Gasteiger partial charge is 0.244 e. The van der Waals surface area contributed by atoms with Crippen LogP contribution >= 0.6 is 11.6 Å². The Bertz CT molecular complexity index is 726. The molecule has 0 spiro atoms. The molecule has 0 aliphatic heterocycles. The molecule has 2 aromatic rings. The maximum absolute atomic E-state index is 12.2. The third-order valence-electron chi connectivity index (χ3n) is 4.39. The molecule has 0 bridgehead atoms. The monoisotopic (exact) mass is 333 g/mol. The molecule has 2 heterocycles. The minimum Gasteiger partial charge on any atom is -0.396 e. The lowest BCUT2D eigenvalue weighted by molar-refractivity contribution is -0.117. The molecular formula is C17H20ClN3O2. The molecule has 1 amide bonds. The topological polar surface area (TPSA) is 66.6 Å². The Balaban J connectivity index is 1.71. The fourth-order valence-electron chi connectivity index (χ4n) is 3.14. The van der Waals surface area contributed by atoms with E-state index in [1.165, 1.54) is 6.08 Å². The number of amides is 1. The zero-order valence-corrected chi connectivity index (χ0v) is 13.5. The molecular weight excluding hydrogens is 314 g/mol. The van der Waals surface area contributed by atoms with Crippen molar-refractivity contribution in [3.8, 4) is 0 Å². The van der Waals surface area contributed by atoms with E-state index in [9.17, 15) is 9.90 Å². The van der Waals surface area contributed by atoms with Gasteiger partial charge in [-0.15, -0.1) is 0 Å². The second kappa shape index (κ2) is 7.15. The van der Waals surface area contributed by atoms with Crippen LogP contribution in [0.2, 0.25) is 5.15 Å². The number of fused-ring (bicyclic) bond motifs is 1. The maximum Gasteiger partial charge on any atom is 0.244 e. The molecule has 2 aromatic heterocycles. The largest absolute Gasteiger partial charge is 0.396 e. The third-order valence-corrected chi connectivity index (χ3v) is 4.66. The van der Waals surface area contributed by atoms with Gasteiger partial charge in [0.1, 0.15) is 5.65 Å². The number of nitrogens with zero attached hydrogens (tertiary/aromatic N) is 2. The van der Waals surface area contributed by atoms with E-state index < -0.39 is 0 Å². The molecule has 1 fully saturated rings. The SMILES string of the molecule is O=C(/C=C/c1c(Cl)nc2ccccn12)NC1CCCCC1CO. The summed E-state index contributed by atoms with van der Waals surface area (Å²) in [6.45, 7) is 0.119. The second-order valence-electron chi connectivity index (χ2n) is 5.89. The normalized spacial score (nSPS) is 21.8. The Morgan fingerprint density at radius 1 is 1.43 bits per heavy atom. The number of hydrogen-bond donors (Lipinski definition) is 2. The van der Waals surface area contributed by atoms with Gasteiger partial charge in [0.25, 0.3) is 0 Å². The summed E-state index contributed by atoms with van der Waals surface area (Å²) < 4.78 is 1.84. The van der Waals surface area contributed by atoms with Crippen molar-refractivity contribution >= 4 is 29.2 Å². The zero-order chi connectivity index (χ0) is 16.2. The number of carbonyl (C=O) groups excluding carboxylic acids is 1. The fraction of sp³-hybridized carbons (Fsp3) is 0.412. The standard InChI is InChI=1S/C17H20ClN3O2/c18-17-14(21-10-4-3-7-15(21)20-17)8-9-16(23)19-13-6-2-1-5-12(13)11-22/h3-4,7-10,12-13,22H,1-2,5-6,11H2,(H,19,23)/b9-8+. The average molecular weight is 334 g/mol. The van der Waals surface area contributed by atoms with Crippen molar-refractivity contribution in [2.24, 2.45) is 5.92 Å². The number of aromatic nitrogens is 2. The second-order valence-corrected chi connectivity index (χ2v) is 6.25. The van der Waals surface area contributed by atoms with E-state index in [4.69, 9.17) is 11.6 Å². The van der Waals surface area contributed by atoms with Crippen LogP contribution in [0.3, 0.4) is 0 Å². The molecule has 122 valence electrons. The lowest BCUT2D eigenvalue weighted by atomic mass is 9.85. The summed E-state index contributed by atoms with van der Waals surface area (Å²) in [7, 11) is 0. The summed E-state index contributed by atoms with van der Waals surface area (Å²) in [5.74, 6) is -0.0159.